The molecule has 0 saturated carbocycles. The van der Waals surface area contributed by atoms with Gasteiger partial charge >= 0.3 is 0 Å². The van der Waals surface area contributed by atoms with Crippen molar-refractivity contribution in [3.63, 3.8) is 0 Å². The summed E-state index contributed by atoms with van der Waals surface area (Å²) in [6.45, 7) is 5.30. The summed E-state index contributed by atoms with van der Waals surface area (Å²) in [5.74, 6) is 0. The van der Waals surface area contributed by atoms with Crippen LogP contribution in [0.3, 0.4) is 0 Å². The van der Waals surface area contributed by atoms with E-state index in [4.69, 9.17) is 0 Å². The molecule has 0 amide bonds. The number of aryl methyl sites for hydroxylation is 2. The number of nitrogens with zero attached hydrogens (tertiary/aromatic N) is 6. The van der Waals surface area contributed by atoms with Crippen molar-refractivity contribution in [1.82, 2.24) is 29.7 Å². The Bertz CT molecular complexity index is 521. The molecule has 0 radical (unpaired) electrons. The summed E-state index contributed by atoms with van der Waals surface area (Å²) < 4.78 is 3.89. The third-order valence-corrected chi connectivity index (χ3v) is 3.88. The summed E-state index contributed by atoms with van der Waals surface area (Å²) in [4.78, 5) is 2.50. The van der Waals surface area contributed by atoms with Crippen molar-refractivity contribution in [1.29, 1.82) is 0 Å². The van der Waals surface area contributed by atoms with Gasteiger partial charge in [0.05, 0.1) is 17.9 Å². The molecule has 0 aliphatic carbocycles. The molecule has 6 nitrogen and oxygen atoms in total. The number of piperidine rings is 1. The highest BCUT2D eigenvalue weighted by atomic mass is 15.4. The lowest BCUT2D eigenvalue weighted by molar-refractivity contribution is 0.172. The van der Waals surface area contributed by atoms with E-state index in [0.29, 0.717) is 6.04 Å². The van der Waals surface area contributed by atoms with E-state index in [1.54, 1.807) is 6.20 Å². The van der Waals surface area contributed by atoms with Crippen molar-refractivity contribution in [3.8, 4) is 0 Å². The van der Waals surface area contributed by atoms with Crippen molar-refractivity contribution >= 4 is 0 Å². The maximum atomic E-state index is 4.40. The van der Waals surface area contributed by atoms with Crippen LogP contribution >= 0.6 is 0 Å². The zero-order chi connectivity index (χ0) is 13.2. The third kappa shape index (κ3) is 2.68. The smallest absolute Gasteiger partial charge is 0.0693 e. The van der Waals surface area contributed by atoms with E-state index in [2.05, 4.69) is 33.4 Å². The van der Waals surface area contributed by atoms with Crippen LogP contribution < -0.4 is 0 Å². The zero-order valence-electron chi connectivity index (χ0n) is 11.5. The van der Waals surface area contributed by atoms with Gasteiger partial charge in [-0.05, 0) is 19.8 Å². The fourth-order valence-corrected chi connectivity index (χ4v) is 2.80. The van der Waals surface area contributed by atoms with Gasteiger partial charge in [0.25, 0.3) is 0 Å². The Morgan fingerprint density at radius 1 is 1.32 bits per heavy atom. The van der Waals surface area contributed by atoms with Gasteiger partial charge in [-0.2, -0.15) is 5.10 Å². The molecule has 0 N–H and O–H groups in total. The number of hydrogen-bond donors (Lipinski definition) is 0. The number of rotatable bonds is 3. The van der Waals surface area contributed by atoms with Crippen LogP contribution in [0.2, 0.25) is 0 Å². The van der Waals surface area contributed by atoms with Crippen molar-refractivity contribution in [3.05, 3.63) is 29.8 Å². The topological polar surface area (TPSA) is 51.8 Å². The van der Waals surface area contributed by atoms with Gasteiger partial charge in [-0.1, -0.05) is 5.21 Å². The Hall–Kier alpha value is -1.69. The van der Waals surface area contributed by atoms with Crippen LogP contribution in [0, 0.1) is 6.92 Å². The second-order valence-electron chi connectivity index (χ2n) is 5.30. The van der Waals surface area contributed by atoms with Crippen LogP contribution in [0.1, 0.15) is 30.1 Å². The number of likely N-dealkylation sites (tertiary alicyclic amines) is 1. The van der Waals surface area contributed by atoms with Gasteiger partial charge in [-0.15, -0.1) is 5.10 Å². The number of aromatic nitrogens is 5. The summed E-state index contributed by atoms with van der Waals surface area (Å²) in [5, 5.41) is 12.4. The average molecular weight is 260 g/mol. The molecular weight excluding hydrogens is 240 g/mol. The minimum Gasteiger partial charge on any atom is -0.299 e. The number of hydrogen-bond acceptors (Lipinski definition) is 4. The molecule has 1 aliphatic heterocycles. The normalized spacial score (nSPS) is 18.0. The van der Waals surface area contributed by atoms with Crippen LogP contribution in [-0.2, 0) is 13.6 Å². The predicted octanol–water partition coefficient (Wildman–Crippen LogP) is 1.16. The monoisotopic (exact) mass is 260 g/mol. The van der Waals surface area contributed by atoms with Crippen molar-refractivity contribution < 1.29 is 0 Å². The fraction of sp³-hybridized carbons (Fsp3) is 0.615. The van der Waals surface area contributed by atoms with Gasteiger partial charge in [0.1, 0.15) is 0 Å². The van der Waals surface area contributed by atoms with Crippen LogP contribution in [-0.4, -0.2) is 42.8 Å². The second kappa shape index (κ2) is 5.13. The molecule has 3 heterocycles. The quantitative estimate of drug-likeness (QED) is 0.831. The molecule has 3 rings (SSSR count). The van der Waals surface area contributed by atoms with Gasteiger partial charge in [0, 0.05) is 44.6 Å². The maximum absolute atomic E-state index is 4.40. The standard InChI is InChI=1S/C13H20N6/c1-11-12(9-17(2)15-11)10-18-6-3-13(4-7-18)19-8-5-14-16-19/h5,8-9,13H,3-4,6-7,10H2,1-2H3. The third-order valence-electron chi connectivity index (χ3n) is 3.88. The molecule has 0 unspecified atom stereocenters. The Kier molecular flexibility index (Phi) is 3.33. The lowest BCUT2D eigenvalue weighted by atomic mass is 10.0. The first-order chi connectivity index (χ1) is 9.22. The molecule has 6 heteroatoms. The molecule has 0 aromatic carbocycles. The van der Waals surface area contributed by atoms with E-state index in [9.17, 15) is 0 Å². The van der Waals surface area contributed by atoms with Gasteiger partial charge in [-0.25, -0.2) is 4.68 Å². The zero-order valence-corrected chi connectivity index (χ0v) is 11.5. The molecule has 19 heavy (non-hydrogen) atoms. The van der Waals surface area contributed by atoms with Crippen molar-refractivity contribution in [2.45, 2.75) is 32.4 Å². The lowest BCUT2D eigenvalue weighted by Crippen LogP contribution is -2.34. The Morgan fingerprint density at radius 3 is 2.68 bits per heavy atom. The predicted molar refractivity (Wildman–Crippen MR) is 71.5 cm³/mol. The molecule has 1 saturated heterocycles. The first kappa shape index (κ1) is 12.3. The van der Waals surface area contributed by atoms with Gasteiger partial charge in [-0.3, -0.25) is 9.58 Å². The molecule has 0 spiro atoms. The Labute approximate surface area is 113 Å². The average Bonchev–Trinajstić information content (AvgIpc) is 3.01. The van der Waals surface area contributed by atoms with Crippen LogP contribution in [0.15, 0.2) is 18.6 Å². The maximum Gasteiger partial charge on any atom is 0.0693 e. The minimum absolute atomic E-state index is 0.508. The lowest BCUT2D eigenvalue weighted by Gasteiger charge is -2.31. The van der Waals surface area contributed by atoms with Crippen molar-refractivity contribution in [2.75, 3.05) is 13.1 Å². The highest BCUT2D eigenvalue weighted by molar-refractivity contribution is 5.15. The molecular formula is C13H20N6. The van der Waals surface area contributed by atoms with Crippen LogP contribution in [0.5, 0.6) is 0 Å². The van der Waals surface area contributed by atoms with Gasteiger partial charge in [0.15, 0.2) is 0 Å². The van der Waals surface area contributed by atoms with E-state index in [0.717, 1.165) is 38.2 Å². The molecule has 1 fully saturated rings. The second-order valence-corrected chi connectivity index (χ2v) is 5.30. The summed E-state index contributed by atoms with van der Waals surface area (Å²) in [7, 11) is 1.98. The van der Waals surface area contributed by atoms with Crippen molar-refractivity contribution in [2.24, 2.45) is 7.05 Å². The summed E-state index contributed by atoms with van der Waals surface area (Å²) in [6.07, 6.45) is 8.13. The first-order valence-corrected chi connectivity index (χ1v) is 6.79. The molecule has 1 aliphatic rings. The molecule has 2 aromatic heterocycles. The fourth-order valence-electron chi connectivity index (χ4n) is 2.80. The van der Waals surface area contributed by atoms with Crippen LogP contribution in [0.25, 0.3) is 0 Å². The summed E-state index contributed by atoms with van der Waals surface area (Å²) >= 11 is 0. The highest BCUT2D eigenvalue weighted by Gasteiger charge is 2.21. The first-order valence-electron chi connectivity index (χ1n) is 6.79. The molecule has 0 atom stereocenters. The van der Waals surface area contributed by atoms with E-state index < -0.39 is 0 Å². The Balaban J connectivity index is 1.57. The molecule has 102 valence electrons. The van der Waals surface area contributed by atoms with E-state index in [-0.39, 0.29) is 0 Å². The molecule has 0 bridgehead atoms. The van der Waals surface area contributed by atoms with Crippen LogP contribution in [0.4, 0.5) is 0 Å². The Morgan fingerprint density at radius 2 is 2.11 bits per heavy atom. The van der Waals surface area contributed by atoms with Gasteiger partial charge < -0.3 is 0 Å². The summed E-state index contributed by atoms with van der Waals surface area (Å²) in [6, 6.07) is 0.508. The van der Waals surface area contributed by atoms with E-state index in [1.807, 2.05) is 22.6 Å². The van der Waals surface area contributed by atoms with Gasteiger partial charge in [0.2, 0.25) is 0 Å². The highest BCUT2D eigenvalue weighted by Crippen LogP contribution is 2.22. The largest absolute Gasteiger partial charge is 0.299 e. The SMILES string of the molecule is Cc1nn(C)cc1CN1CCC(n2ccnn2)CC1. The molecule has 2 aromatic rings. The minimum atomic E-state index is 0.508. The summed E-state index contributed by atoms with van der Waals surface area (Å²) in [5.41, 5.74) is 2.47. The van der Waals surface area contributed by atoms with E-state index >= 15 is 0 Å². The van der Waals surface area contributed by atoms with E-state index in [1.165, 1.54) is 5.56 Å².